The van der Waals surface area contributed by atoms with Gasteiger partial charge in [-0.1, -0.05) is 0 Å². The van der Waals surface area contributed by atoms with Crippen LogP contribution in [-0.2, 0) is 0 Å². The first kappa shape index (κ1) is 9.31. The Balaban J connectivity index is 3.68. The van der Waals surface area contributed by atoms with Crippen LogP contribution in [0.1, 0.15) is 27.7 Å². The maximum Gasteiger partial charge on any atom is 0.0419 e. The molecule has 0 spiro atoms. The molecule has 56 valence electrons. The Morgan fingerprint density at radius 2 is 1.44 bits per heavy atom. The van der Waals surface area contributed by atoms with Gasteiger partial charge in [0.2, 0.25) is 0 Å². The van der Waals surface area contributed by atoms with Crippen molar-refractivity contribution in [3.8, 4) is 0 Å². The molecule has 0 aromatic carbocycles. The minimum atomic E-state index is 0.613. The van der Waals surface area contributed by atoms with Crippen LogP contribution < -0.4 is 0 Å². The summed E-state index contributed by atoms with van der Waals surface area (Å²) in [7, 11) is 0. The normalized spacial score (nSPS) is 12.0. The first-order valence-corrected chi connectivity index (χ1v) is 4.09. The predicted molar refractivity (Wildman–Crippen MR) is 46.0 cm³/mol. The lowest BCUT2D eigenvalue weighted by Crippen LogP contribution is -2.35. The van der Waals surface area contributed by atoms with Gasteiger partial charge >= 0.3 is 0 Å². The molecule has 0 N–H and O–H groups in total. The third-order valence-electron chi connectivity index (χ3n) is 1.49. The fourth-order valence-corrected chi connectivity index (χ4v) is 1.58. The standard InChI is InChI=1S/C7H17NS/c1-6(2)8(5-9)7(3)4/h6-7,9H,5H2,1-4H3. The number of nitrogens with zero attached hydrogens (tertiary/aromatic N) is 1. The lowest BCUT2D eigenvalue weighted by atomic mass is 10.2. The summed E-state index contributed by atoms with van der Waals surface area (Å²) < 4.78 is 0. The van der Waals surface area contributed by atoms with Crippen molar-refractivity contribution in [2.24, 2.45) is 0 Å². The van der Waals surface area contributed by atoms with Crippen molar-refractivity contribution in [1.82, 2.24) is 4.90 Å². The summed E-state index contributed by atoms with van der Waals surface area (Å²) in [5.41, 5.74) is 0. The Bertz CT molecular complexity index is 63.3. The second-order valence-electron chi connectivity index (χ2n) is 2.84. The Hall–Kier alpha value is 0.310. The lowest BCUT2D eigenvalue weighted by molar-refractivity contribution is 0.211. The van der Waals surface area contributed by atoms with Gasteiger partial charge < -0.3 is 0 Å². The van der Waals surface area contributed by atoms with Gasteiger partial charge in [-0.05, 0) is 27.7 Å². The summed E-state index contributed by atoms with van der Waals surface area (Å²) in [5, 5.41) is 0. The van der Waals surface area contributed by atoms with Gasteiger partial charge in [0.05, 0.1) is 0 Å². The van der Waals surface area contributed by atoms with E-state index in [1.165, 1.54) is 0 Å². The molecule has 0 saturated carbocycles. The largest absolute Gasteiger partial charge is 0.290 e. The molecule has 0 amide bonds. The van der Waals surface area contributed by atoms with Crippen LogP contribution in [-0.4, -0.2) is 22.9 Å². The first-order chi connectivity index (χ1) is 4.09. The average molecular weight is 147 g/mol. The molecular formula is C7H17NS. The molecule has 0 aromatic heterocycles. The van der Waals surface area contributed by atoms with E-state index < -0.39 is 0 Å². The third kappa shape index (κ3) is 3.11. The molecule has 0 aliphatic carbocycles. The fourth-order valence-electron chi connectivity index (χ4n) is 0.923. The smallest absolute Gasteiger partial charge is 0.0419 e. The van der Waals surface area contributed by atoms with E-state index in [0.717, 1.165) is 5.88 Å². The summed E-state index contributed by atoms with van der Waals surface area (Å²) >= 11 is 4.22. The molecule has 9 heavy (non-hydrogen) atoms. The second kappa shape index (κ2) is 4.18. The summed E-state index contributed by atoms with van der Waals surface area (Å²) in [5.74, 6) is 0.856. The molecule has 0 fully saturated rings. The fraction of sp³-hybridized carbons (Fsp3) is 1.00. The van der Waals surface area contributed by atoms with Gasteiger partial charge in [-0.15, -0.1) is 0 Å². The van der Waals surface area contributed by atoms with E-state index in [1.807, 2.05) is 0 Å². The molecule has 0 aliphatic rings. The SMILES string of the molecule is CC(C)N(CS)C(C)C. The van der Waals surface area contributed by atoms with Gasteiger partial charge in [-0.2, -0.15) is 12.6 Å². The molecule has 0 unspecified atom stereocenters. The minimum absolute atomic E-state index is 0.613. The second-order valence-corrected chi connectivity index (χ2v) is 3.13. The van der Waals surface area contributed by atoms with Crippen LogP contribution in [0.3, 0.4) is 0 Å². The highest BCUT2D eigenvalue weighted by molar-refractivity contribution is 7.80. The Morgan fingerprint density at radius 1 is 1.11 bits per heavy atom. The molecule has 0 aromatic rings. The summed E-state index contributed by atoms with van der Waals surface area (Å²) in [4.78, 5) is 2.32. The van der Waals surface area contributed by atoms with Crippen molar-refractivity contribution in [2.45, 2.75) is 39.8 Å². The van der Waals surface area contributed by atoms with E-state index in [1.54, 1.807) is 0 Å². The number of rotatable bonds is 3. The van der Waals surface area contributed by atoms with Crippen LogP contribution in [0.2, 0.25) is 0 Å². The molecule has 1 nitrogen and oxygen atoms in total. The van der Waals surface area contributed by atoms with Crippen molar-refractivity contribution in [1.29, 1.82) is 0 Å². The van der Waals surface area contributed by atoms with Crippen LogP contribution in [0, 0.1) is 0 Å². The molecular weight excluding hydrogens is 130 g/mol. The first-order valence-electron chi connectivity index (χ1n) is 3.46. The van der Waals surface area contributed by atoms with Crippen molar-refractivity contribution >= 4 is 12.6 Å². The van der Waals surface area contributed by atoms with E-state index in [-0.39, 0.29) is 0 Å². The topological polar surface area (TPSA) is 3.24 Å². The predicted octanol–water partition coefficient (Wildman–Crippen LogP) is 1.99. The van der Waals surface area contributed by atoms with Crippen LogP contribution in [0.15, 0.2) is 0 Å². The highest BCUT2D eigenvalue weighted by atomic mass is 32.1. The van der Waals surface area contributed by atoms with Crippen molar-refractivity contribution < 1.29 is 0 Å². The monoisotopic (exact) mass is 147 g/mol. The van der Waals surface area contributed by atoms with Crippen LogP contribution >= 0.6 is 12.6 Å². The lowest BCUT2D eigenvalue weighted by Gasteiger charge is -2.28. The highest BCUT2D eigenvalue weighted by Crippen LogP contribution is 2.04. The van der Waals surface area contributed by atoms with Gasteiger partial charge in [0.25, 0.3) is 0 Å². The Morgan fingerprint density at radius 3 is 1.44 bits per heavy atom. The number of hydrogen-bond acceptors (Lipinski definition) is 2. The zero-order valence-corrected chi connectivity index (χ0v) is 7.65. The zero-order valence-electron chi connectivity index (χ0n) is 6.76. The molecule has 0 radical (unpaired) electrons. The number of thiol groups is 1. The van der Waals surface area contributed by atoms with Crippen molar-refractivity contribution in [3.63, 3.8) is 0 Å². The van der Waals surface area contributed by atoms with Gasteiger partial charge in [-0.3, -0.25) is 4.90 Å². The van der Waals surface area contributed by atoms with Crippen molar-refractivity contribution in [2.75, 3.05) is 5.88 Å². The maximum absolute atomic E-state index is 4.22. The summed E-state index contributed by atoms with van der Waals surface area (Å²) in [6.07, 6.45) is 0. The summed E-state index contributed by atoms with van der Waals surface area (Å²) in [6, 6.07) is 1.23. The van der Waals surface area contributed by atoms with Gasteiger partial charge in [0.15, 0.2) is 0 Å². The van der Waals surface area contributed by atoms with E-state index in [2.05, 4.69) is 45.2 Å². The minimum Gasteiger partial charge on any atom is -0.290 e. The molecule has 2 heteroatoms. The van der Waals surface area contributed by atoms with Gasteiger partial charge in [-0.25, -0.2) is 0 Å². The van der Waals surface area contributed by atoms with E-state index in [4.69, 9.17) is 0 Å². The van der Waals surface area contributed by atoms with Crippen LogP contribution in [0.5, 0.6) is 0 Å². The van der Waals surface area contributed by atoms with Crippen molar-refractivity contribution in [3.05, 3.63) is 0 Å². The molecule has 0 heterocycles. The Labute approximate surface area is 63.8 Å². The third-order valence-corrected chi connectivity index (χ3v) is 1.82. The molecule has 0 rings (SSSR count). The maximum atomic E-state index is 4.22. The molecule has 0 aliphatic heterocycles. The summed E-state index contributed by atoms with van der Waals surface area (Å²) in [6.45, 7) is 8.76. The Kier molecular flexibility index (Phi) is 4.32. The molecule has 0 bridgehead atoms. The van der Waals surface area contributed by atoms with Gasteiger partial charge in [0.1, 0.15) is 0 Å². The van der Waals surface area contributed by atoms with E-state index >= 15 is 0 Å². The number of hydrogen-bond donors (Lipinski definition) is 1. The quantitative estimate of drug-likeness (QED) is 0.472. The van der Waals surface area contributed by atoms with Crippen LogP contribution in [0.4, 0.5) is 0 Å². The molecule has 0 atom stereocenters. The zero-order chi connectivity index (χ0) is 7.44. The molecule has 0 saturated heterocycles. The van der Waals surface area contributed by atoms with E-state index in [0.29, 0.717) is 12.1 Å². The van der Waals surface area contributed by atoms with Crippen LogP contribution in [0.25, 0.3) is 0 Å². The highest BCUT2D eigenvalue weighted by Gasteiger charge is 2.09. The van der Waals surface area contributed by atoms with E-state index in [9.17, 15) is 0 Å². The van der Waals surface area contributed by atoms with Gasteiger partial charge in [0, 0.05) is 18.0 Å². The average Bonchev–Trinajstić information content (AvgIpc) is 1.64.